The maximum Gasteiger partial charge on any atom is 0.341 e. The van der Waals surface area contributed by atoms with E-state index in [4.69, 9.17) is 4.74 Å². The van der Waals surface area contributed by atoms with Crippen LogP contribution in [0.1, 0.15) is 56.5 Å². The Morgan fingerprint density at radius 2 is 1.81 bits per heavy atom. The van der Waals surface area contributed by atoms with E-state index >= 15 is 0 Å². The average molecular weight is 293 g/mol. The summed E-state index contributed by atoms with van der Waals surface area (Å²) in [5.41, 5.74) is 0.569. The second-order valence-electron chi connectivity index (χ2n) is 7.31. The largest absolute Gasteiger partial charge is 0.459 e. The Balaban J connectivity index is 2.12. The second kappa shape index (κ2) is 5.41. The molecule has 3 nitrogen and oxygen atoms in total. The summed E-state index contributed by atoms with van der Waals surface area (Å²) in [5, 5.41) is 3.53. The first kappa shape index (κ1) is 16.0. The van der Waals surface area contributed by atoms with E-state index in [1.807, 2.05) is 0 Å². The van der Waals surface area contributed by atoms with Crippen LogP contribution in [-0.2, 0) is 4.74 Å². The lowest BCUT2D eigenvalue weighted by molar-refractivity contribution is -0.00673. The van der Waals surface area contributed by atoms with Crippen molar-refractivity contribution in [2.45, 2.75) is 64.6 Å². The molecule has 1 aliphatic rings. The molecule has 1 N–H and O–H groups in total. The van der Waals surface area contributed by atoms with Gasteiger partial charge < -0.3 is 10.1 Å². The molecule has 21 heavy (non-hydrogen) atoms. The zero-order valence-electron chi connectivity index (χ0n) is 13.4. The molecule has 2 rings (SSSR count). The van der Waals surface area contributed by atoms with Gasteiger partial charge in [-0.1, -0.05) is 6.07 Å². The van der Waals surface area contributed by atoms with Gasteiger partial charge in [0.05, 0.1) is 5.56 Å². The van der Waals surface area contributed by atoms with Crippen molar-refractivity contribution in [3.63, 3.8) is 0 Å². The summed E-state index contributed by atoms with van der Waals surface area (Å²) < 4.78 is 19.4. The zero-order valence-corrected chi connectivity index (χ0v) is 13.4. The van der Waals surface area contributed by atoms with Gasteiger partial charge in [-0.25, -0.2) is 9.18 Å². The summed E-state index contributed by atoms with van der Waals surface area (Å²) in [4.78, 5) is 12.2. The van der Waals surface area contributed by atoms with Gasteiger partial charge >= 0.3 is 5.97 Å². The molecule has 4 heteroatoms. The minimum atomic E-state index is -0.578. The van der Waals surface area contributed by atoms with Crippen LogP contribution in [0.5, 0.6) is 0 Å². The van der Waals surface area contributed by atoms with Gasteiger partial charge in [-0.05, 0) is 52.3 Å². The molecule has 1 heterocycles. The number of carbonyl (C=O) groups is 1. The number of aryl methyl sites for hydroxylation is 1. The molecular formula is C17H24FNO2. The van der Waals surface area contributed by atoms with Crippen molar-refractivity contribution < 1.29 is 13.9 Å². The first-order valence-electron chi connectivity index (χ1n) is 7.34. The number of esters is 1. The number of nitrogens with one attached hydrogen (secondary N) is 1. The van der Waals surface area contributed by atoms with Crippen LogP contribution in [-0.4, -0.2) is 23.2 Å². The molecule has 0 atom stereocenters. The van der Waals surface area contributed by atoms with Gasteiger partial charge in [0.1, 0.15) is 11.9 Å². The highest BCUT2D eigenvalue weighted by Gasteiger charge is 2.39. The van der Waals surface area contributed by atoms with Gasteiger partial charge in [-0.3, -0.25) is 0 Å². The molecule has 1 aliphatic heterocycles. The van der Waals surface area contributed by atoms with Crippen LogP contribution >= 0.6 is 0 Å². The molecule has 1 fully saturated rings. The van der Waals surface area contributed by atoms with Crippen LogP contribution in [0, 0.1) is 12.7 Å². The number of halogens is 1. The molecule has 0 aromatic heterocycles. The molecule has 1 aromatic rings. The average Bonchev–Trinajstić information content (AvgIpc) is 2.23. The normalized spacial score (nSPS) is 21.0. The Morgan fingerprint density at radius 3 is 2.33 bits per heavy atom. The lowest BCUT2D eigenvalue weighted by Gasteiger charge is -2.45. The quantitative estimate of drug-likeness (QED) is 0.847. The second-order valence-corrected chi connectivity index (χ2v) is 7.31. The minimum absolute atomic E-state index is 0.00902. The molecule has 1 saturated heterocycles. The van der Waals surface area contributed by atoms with Crippen LogP contribution in [0.4, 0.5) is 4.39 Å². The van der Waals surface area contributed by atoms with E-state index in [-0.39, 0.29) is 22.7 Å². The van der Waals surface area contributed by atoms with Crippen molar-refractivity contribution in [1.82, 2.24) is 5.32 Å². The highest BCUT2D eigenvalue weighted by Crippen LogP contribution is 2.31. The van der Waals surface area contributed by atoms with Crippen LogP contribution in [0.3, 0.4) is 0 Å². The van der Waals surface area contributed by atoms with Gasteiger partial charge in [0.25, 0.3) is 0 Å². The maximum absolute atomic E-state index is 13.8. The highest BCUT2D eigenvalue weighted by atomic mass is 19.1. The molecule has 0 spiro atoms. The van der Waals surface area contributed by atoms with Gasteiger partial charge in [0.2, 0.25) is 0 Å². The third-order valence-corrected chi connectivity index (χ3v) is 3.77. The third-order valence-electron chi connectivity index (χ3n) is 3.77. The van der Waals surface area contributed by atoms with Crippen LogP contribution in [0.2, 0.25) is 0 Å². The Labute approximate surface area is 125 Å². The monoisotopic (exact) mass is 293 g/mol. The van der Waals surface area contributed by atoms with Crippen molar-refractivity contribution in [3.05, 3.63) is 35.1 Å². The summed E-state index contributed by atoms with van der Waals surface area (Å²) >= 11 is 0. The Bertz CT molecular complexity index is 536. The molecule has 1 aromatic carbocycles. The van der Waals surface area contributed by atoms with E-state index in [1.54, 1.807) is 13.0 Å². The van der Waals surface area contributed by atoms with Gasteiger partial charge in [-0.15, -0.1) is 0 Å². The summed E-state index contributed by atoms with van der Waals surface area (Å²) in [7, 11) is 0. The number of hydrogen-bond acceptors (Lipinski definition) is 3. The van der Waals surface area contributed by atoms with Crippen LogP contribution < -0.4 is 5.32 Å². The van der Waals surface area contributed by atoms with Crippen LogP contribution in [0.15, 0.2) is 18.2 Å². The van der Waals surface area contributed by atoms with Crippen molar-refractivity contribution in [2.24, 2.45) is 0 Å². The fourth-order valence-corrected chi connectivity index (χ4v) is 3.31. The Kier molecular flexibility index (Phi) is 4.11. The van der Waals surface area contributed by atoms with E-state index in [0.717, 1.165) is 18.4 Å². The highest BCUT2D eigenvalue weighted by molar-refractivity contribution is 5.89. The molecule has 0 unspecified atom stereocenters. The van der Waals surface area contributed by atoms with Crippen molar-refractivity contribution in [1.29, 1.82) is 0 Å². The lowest BCUT2D eigenvalue weighted by Crippen LogP contribution is -2.59. The standard InChI is InChI=1S/C17H24FNO2/c1-11-6-7-13(14(18)8-11)15(20)21-12-9-16(2,3)19-17(4,5)10-12/h6-8,12,19H,9-10H2,1-5H3. The molecule has 0 saturated carbocycles. The van der Waals surface area contributed by atoms with Gasteiger partial charge in [-0.2, -0.15) is 0 Å². The van der Waals surface area contributed by atoms with Gasteiger partial charge in [0.15, 0.2) is 0 Å². The first-order chi connectivity index (χ1) is 9.58. The SMILES string of the molecule is Cc1ccc(C(=O)OC2CC(C)(C)NC(C)(C)C2)c(F)c1. The van der Waals surface area contributed by atoms with Gasteiger partial charge in [0, 0.05) is 23.9 Å². The summed E-state index contributed by atoms with van der Waals surface area (Å²) in [6, 6.07) is 4.56. The maximum atomic E-state index is 13.8. The first-order valence-corrected chi connectivity index (χ1v) is 7.34. The fourth-order valence-electron chi connectivity index (χ4n) is 3.31. The molecule has 116 valence electrons. The number of ether oxygens (including phenoxy) is 1. The number of benzene rings is 1. The van der Waals surface area contributed by atoms with E-state index < -0.39 is 11.8 Å². The number of hydrogen-bond donors (Lipinski definition) is 1. The Morgan fingerprint density at radius 1 is 1.24 bits per heavy atom. The molecular weight excluding hydrogens is 269 g/mol. The smallest absolute Gasteiger partial charge is 0.341 e. The number of carbonyl (C=O) groups excluding carboxylic acids is 1. The van der Waals surface area contributed by atoms with E-state index in [1.165, 1.54) is 12.1 Å². The van der Waals surface area contributed by atoms with E-state index in [9.17, 15) is 9.18 Å². The lowest BCUT2D eigenvalue weighted by atomic mass is 9.81. The Hall–Kier alpha value is -1.42. The topological polar surface area (TPSA) is 38.3 Å². The fraction of sp³-hybridized carbons (Fsp3) is 0.588. The molecule has 0 radical (unpaired) electrons. The third kappa shape index (κ3) is 4.03. The predicted octanol–water partition coefficient (Wildman–Crippen LogP) is 3.60. The van der Waals surface area contributed by atoms with Crippen LogP contribution in [0.25, 0.3) is 0 Å². The van der Waals surface area contributed by atoms with Crippen molar-refractivity contribution in [2.75, 3.05) is 0 Å². The number of rotatable bonds is 2. The minimum Gasteiger partial charge on any atom is -0.459 e. The number of piperidine rings is 1. The summed E-state index contributed by atoms with van der Waals surface area (Å²) in [6.45, 7) is 10.1. The van der Waals surface area contributed by atoms with E-state index in [0.29, 0.717) is 0 Å². The summed E-state index contributed by atoms with van der Waals surface area (Å²) in [6.07, 6.45) is 1.23. The zero-order chi connectivity index (χ0) is 15.8. The van der Waals surface area contributed by atoms with E-state index in [2.05, 4.69) is 33.0 Å². The molecule has 0 bridgehead atoms. The van der Waals surface area contributed by atoms with Crippen molar-refractivity contribution >= 4 is 5.97 Å². The molecule has 0 aliphatic carbocycles. The molecule has 0 amide bonds. The predicted molar refractivity (Wildman–Crippen MR) is 80.9 cm³/mol. The van der Waals surface area contributed by atoms with Crippen molar-refractivity contribution in [3.8, 4) is 0 Å². The summed E-state index contributed by atoms with van der Waals surface area (Å²) in [5.74, 6) is -1.10.